The fourth-order valence-corrected chi connectivity index (χ4v) is 2.29. The Kier molecular flexibility index (Phi) is 6.06. The van der Waals surface area contributed by atoms with Crippen LogP contribution in [-0.2, 0) is 4.79 Å². The minimum Gasteiger partial charge on any atom is -0.494 e. The number of nitrogens with one attached hydrogen (secondary N) is 1. The summed E-state index contributed by atoms with van der Waals surface area (Å²) in [5.74, 6) is -0.0498. The van der Waals surface area contributed by atoms with E-state index in [1.165, 1.54) is 32.2 Å². The zero-order valence-corrected chi connectivity index (χ0v) is 14.8. The highest BCUT2D eigenvalue weighted by Gasteiger charge is 2.20. The summed E-state index contributed by atoms with van der Waals surface area (Å²) >= 11 is 11.9. The van der Waals surface area contributed by atoms with Crippen LogP contribution in [0.1, 0.15) is 6.92 Å². The highest BCUT2D eigenvalue weighted by atomic mass is 35.5. The first-order valence-corrected chi connectivity index (χ1v) is 7.83. The molecule has 9 heteroatoms. The van der Waals surface area contributed by atoms with Gasteiger partial charge in [-0.25, -0.2) is 0 Å². The minimum absolute atomic E-state index is 0.148. The molecule has 0 spiro atoms. The fraction of sp³-hybridized carbons (Fsp3) is 0.188. The van der Waals surface area contributed by atoms with Crippen LogP contribution in [0.5, 0.6) is 11.5 Å². The summed E-state index contributed by atoms with van der Waals surface area (Å²) < 4.78 is 10.6. The molecule has 1 amide bonds. The Labute approximate surface area is 153 Å². The van der Waals surface area contributed by atoms with Crippen molar-refractivity contribution in [3.63, 3.8) is 0 Å². The maximum atomic E-state index is 12.3. The van der Waals surface area contributed by atoms with E-state index in [2.05, 4.69) is 5.32 Å². The number of hydrogen-bond donors (Lipinski definition) is 1. The second kappa shape index (κ2) is 8.04. The van der Waals surface area contributed by atoms with Crippen molar-refractivity contribution in [2.24, 2.45) is 0 Å². The van der Waals surface area contributed by atoms with Gasteiger partial charge in [-0.15, -0.1) is 0 Å². The van der Waals surface area contributed by atoms with Crippen molar-refractivity contribution in [1.82, 2.24) is 0 Å². The van der Waals surface area contributed by atoms with Crippen molar-refractivity contribution < 1.29 is 19.2 Å². The first kappa shape index (κ1) is 18.8. The van der Waals surface area contributed by atoms with Crippen LogP contribution in [-0.4, -0.2) is 24.0 Å². The van der Waals surface area contributed by atoms with Crippen molar-refractivity contribution >= 4 is 40.5 Å². The molecule has 0 radical (unpaired) electrons. The molecule has 7 nitrogen and oxygen atoms in total. The number of carbonyl (C=O) groups is 1. The van der Waals surface area contributed by atoms with Crippen LogP contribution in [0.15, 0.2) is 36.4 Å². The summed E-state index contributed by atoms with van der Waals surface area (Å²) in [6.07, 6.45) is -0.893. The molecule has 0 aromatic heterocycles. The number of ether oxygens (including phenoxy) is 2. The molecular formula is C16H14Cl2N2O5. The second-order valence-electron chi connectivity index (χ2n) is 4.94. The molecular weight excluding hydrogens is 371 g/mol. The van der Waals surface area contributed by atoms with Crippen molar-refractivity contribution in [2.75, 3.05) is 12.4 Å². The van der Waals surface area contributed by atoms with E-state index in [0.717, 1.165) is 0 Å². The number of carbonyl (C=O) groups excluding carboxylic acids is 1. The summed E-state index contributed by atoms with van der Waals surface area (Å²) in [4.78, 5) is 22.5. The maximum absolute atomic E-state index is 12.3. The summed E-state index contributed by atoms with van der Waals surface area (Å²) in [5.41, 5.74) is 0.135. The Bertz CT molecular complexity index is 813. The lowest BCUT2D eigenvalue weighted by atomic mass is 10.2. The summed E-state index contributed by atoms with van der Waals surface area (Å²) in [6, 6.07) is 8.70. The smallest absolute Gasteiger partial charge is 0.273 e. The molecule has 0 aliphatic heterocycles. The Morgan fingerprint density at radius 2 is 1.96 bits per heavy atom. The van der Waals surface area contributed by atoms with Gasteiger partial charge in [0, 0.05) is 6.07 Å². The molecule has 2 rings (SSSR count). The highest BCUT2D eigenvalue weighted by molar-refractivity contribution is 6.42. The van der Waals surface area contributed by atoms with Crippen LogP contribution >= 0.6 is 23.2 Å². The van der Waals surface area contributed by atoms with Crippen LogP contribution in [0.3, 0.4) is 0 Å². The molecule has 0 heterocycles. The van der Waals surface area contributed by atoms with E-state index in [-0.39, 0.29) is 27.9 Å². The Morgan fingerprint density at radius 1 is 1.24 bits per heavy atom. The third-order valence-electron chi connectivity index (χ3n) is 3.24. The van der Waals surface area contributed by atoms with Crippen molar-refractivity contribution in [2.45, 2.75) is 13.0 Å². The normalized spacial score (nSPS) is 11.5. The monoisotopic (exact) mass is 384 g/mol. The van der Waals surface area contributed by atoms with Crippen LogP contribution in [0.25, 0.3) is 0 Å². The molecule has 0 aliphatic carbocycles. The van der Waals surface area contributed by atoms with Crippen molar-refractivity contribution in [3.05, 3.63) is 56.6 Å². The van der Waals surface area contributed by atoms with Gasteiger partial charge in [0.1, 0.15) is 16.5 Å². The molecule has 0 saturated heterocycles. The van der Waals surface area contributed by atoms with E-state index < -0.39 is 16.9 Å². The summed E-state index contributed by atoms with van der Waals surface area (Å²) in [6.45, 7) is 1.53. The van der Waals surface area contributed by atoms with Gasteiger partial charge in [0.05, 0.1) is 28.8 Å². The molecule has 0 unspecified atom stereocenters. The van der Waals surface area contributed by atoms with Gasteiger partial charge >= 0.3 is 0 Å². The number of nitro groups is 1. The average Bonchev–Trinajstić information content (AvgIpc) is 2.58. The number of non-ortho nitro benzene ring substituents is 1. The Balaban J connectivity index is 2.13. The van der Waals surface area contributed by atoms with Crippen LogP contribution in [0, 0.1) is 10.1 Å². The van der Waals surface area contributed by atoms with Gasteiger partial charge in [0.25, 0.3) is 11.6 Å². The Morgan fingerprint density at radius 3 is 2.60 bits per heavy atom. The largest absolute Gasteiger partial charge is 0.494 e. The van der Waals surface area contributed by atoms with Gasteiger partial charge in [-0.2, -0.15) is 0 Å². The number of anilines is 1. The van der Waals surface area contributed by atoms with Crippen LogP contribution < -0.4 is 14.8 Å². The molecule has 2 aromatic rings. The second-order valence-corrected chi connectivity index (χ2v) is 5.73. The zero-order chi connectivity index (χ0) is 18.6. The topological polar surface area (TPSA) is 90.7 Å². The molecule has 25 heavy (non-hydrogen) atoms. The lowest BCUT2D eigenvalue weighted by Gasteiger charge is -2.17. The van der Waals surface area contributed by atoms with Gasteiger partial charge in [0.2, 0.25) is 0 Å². The van der Waals surface area contributed by atoms with Crippen LogP contribution in [0.4, 0.5) is 11.4 Å². The fourth-order valence-electron chi connectivity index (χ4n) is 1.95. The van der Waals surface area contributed by atoms with Gasteiger partial charge in [-0.1, -0.05) is 29.3 Å². The lowest BCUT2D eigenvalue weighted by Crippen LogP contribution is -2.30. The zero-order valence-electron chi connectivity index (χ0n) is 13.3. The number of hydrogen-bond acceptors (Lipinski definition) is 5. The standard InChI is InChI=1S/C16H14Cl2N2O5/c1-9(25-13-5-3-4-11(17)15(13)18)16(21)19-12-7-6-10(20(22)23)8-14(12)24-2/h3-9H,1-2H3,(H,19,21)/t9-/m1/s1. The summed E-state index contributed by atoms with van der Waals surface area (Å²) in [7, 11) is 1.35. The van der Waals surface area contributed by atoms with Gasteiger partial charge in [0.15, 0.2) is 6.10 Å². The number of amides is 1. The first-order valence-electron chi connectivity index (χ1n) is 7.07. The van der Waals surface area contributed by atoms with Crippen molar-refractivity contribution in [1.29, 1.82) is 0 Å². The molecule has 0 saturated carbocycles. The van der Waals surface area contributed by atoms with Gasteiger partial charge in [-0.05, 0) is 25.1 Å². The number of rotatable bonds is 6. The molecule has 132 valence electrons. The predicted octanol–water partition coefficient (Wildman–Crippen LogP) is 4.32. The van der Waals surface area contributed by atoms with E-state index >= 15 is 0 Å². The quantitative estimate of drug-likeness (QED) is 0.591. The van der Waals surface area contributed by atoms with E-state index in [0.29, 0.717) is 5.02 Å². The number of benzene rings is 2. The first-order chi connectivity index (χ1) is 11.8. The minimum atomic E-state index is -0.893. The molecule has 2 aromatic carbocycles. The van der Waals surface area contributed by atoms with E-state index in [4.69, 9.17) is 32.7 Å². The molecule has 1 N–H and O–H groups in total. The van der Waals surface area contributed by atoms with Crippen LogP contribution in [0.2, 0.25) is 10.0 Å². The van der Waals surface area contributed by atoms with E-state index in [9.17, 15) is 14.9 Å². The number of halogens is 2. The third kappa shape index (κ3) is 4.52. The van der Waals surface area contributed by atoms with Crippen molar-refractivity contribution in [3.8, 4) is 11.5 Å². The third-order valence-corrected chi connectivity index (χ3v) is 4.04. The molecule has 0 bridgehead atoms. The average molecular weight is 385 g/mol. The lowest BCUT2D eigenvalue weighted by molar-refractivity contribution is -0.384. The molecule has 0 fully saturated rings. The van der Waals surface area contributed by atoms with E-state index in [1.807, 2.05) is 0 Å². The Hall–Kier alpha value is -2.51. The van der Waals surface area contributed by atoms with E-state index in [1.54, 1.807) is 18.2 Å². The summed E-state index contributed by atoms with van der Waals surface area (Å²) in [5, 5.41) is 13.9. The van der Waals surface area contributed by atoms with Gasteiger partial charge < -0.3 is 14.8 Å². The SMILES string of the molecule is COc1cc([N+](=O)[O-])ccc1NC(=O)[C@@H](C)Oc1cccc(Cl)c1Cl. The highest BCUT2D eigenvalue weighted by Crippen LogP contribution is 2.33. The van der Waals surface area contributed by atoms with Gasteiger partial charge in [-0.3, -0.25) is 14.9 Å². The predicted molar refractivity (Wildman–Crippen MR) is 94.8 cm³/mol. The number of nitrogens with zero attached hydrogens (tertiary/aromatic N) is 1. The maximum Gasteiger partial charge on any atom is 0.273 e. The number of methoxy groups -OCH3 is 1. The number of nitro benzene ring substituents is 1. The molecule has 0 aliphatic rings. The molecule has 1 atom stereocenters.